The van der Waals surface area contributed by atoms with Crippen LogP contribution in [0.4, 0.5) is 9.59 Å². The van der Waals surface area contributed by atoms with E-state index in [1.807, 2.05) is 44.2 Å². The molecule has 53 heavy (non-hydrogen) atoms. The molecule has 3 amide bonds. The van der Waals surface area contributed by atoms with Gasteiger partial charge in [0.05, 0.1) is 49.4 Å². The highest BCUT2D eigenvalue weighted by atomic mass is 32.2. The number of ether oxygens (including phenoxy) is 6. The molecule has 0 saturated carbocycles. The Bertz CT molecular complexity index is 1640. The van der Waals surface area contributed by atoms with Gasteiger partial charge in [-0.1, -0.05) is 50.6 Å². The largest absolute Gasteiger partial charge is 0.454 e. The molecular formula is C37H52N4O11S. The first-order chi connectivity index (χ1) is 25.5. The molecule has 3 saturated heterocycles. The van der Waals surface area contributed by atoms with Crippen LogP contribution in [-0.2, 0) is 35.4 Å². The van der Waals surface area contributed by atoms with Gasteiger partial charge in [0.25, 0.3) is 0 Å². The number of aliphatic hydroxyl groups excluding tert-OH is 1. The van der Waals surface area contributed by atoms with Gasteiger partial charge in [0.1, 0.15) is 6.10 Å². The van der Waals surface area contributed by atoms with Gasteiger partial charge in [0, 0.05) is 38.8 Å². The molecule has 15 nitrogen and oxygen atoms in total. The summed E-state index contributed by atoms with van der Waals surface area (Å²) in [5.74, 6) is 0.705. The smallest absolute Gasteiger partial charge is 0.407 e. The summed E-state index contributed by atoms with van der Waals surface area (Å²) in [6.07, 6.45) is 0.101. The van der Waals surface area contributed by atoms with Crippen molar-refractivity contribution in [2.24, 2.45) is 11.3 Å². The molecule has 2 aromatic carbocycles. The van der Waals surface area contributed by atoms with Gasteiger partial charge < -0.3 is 49.1 Å². The molecule has 0 spiro atoms. The van der Waals surface area contributed by atoms with Crippen molar-refractivity contribution in [3.63, 3.8) is 0 Å². The molecule has 6 rings (SSSR count). The average molecular weight is 761 g/mol. The molecule has 4 aliphatic rings. The molecule has 4 aliphatic heterocycles. The Morgan fingerprint density at radius 3 is 2.60 bits per heavy atom. The zero-order chi connectivity index (χ0) is 37.4. The maximum atomic E-state index is 14.4. The normalized spacial score (nSPS) is 22.3. The quantitative estimate of drug-likeness (QED) is 0.215. The molecule has 292 valence electrons. The van der Waals surface area contributed by atoms with Crippen molar-refractivity contribution in [3.05, 3.63) is 54.1 Å². The van der Waals surface area contributed by atoms with Crippen LogP contribution < -0.4 is 20.1 Å². The molecule has 3 N–H and O–H groups in total. The molecule has 0 aliphatic carbocycles. The Hall–Kier alpha value is -3.67. The van der Waals surface area contributed by atoms with E-state index in [-0.39, 0.29) is 49.8 Å². The Kier molecular flexibility index (Phi) is 13.0. The van der Waals surface area contributed by atoms with E-state index in [9.17, 15) is 23.1 Å². The topological polar surface area (TPSA) is 174 Å². The molecule has 2 aromatic rings. The highest BCUT2D eigenvalue weighted by Crippen LogP contribution is 2.36. The van der Waals surface area contributed by atoms with Crippen molar-refractivity contribution in [2.45, 2.75) is 75.4 Å². The van der Waals surface area contributed by atoms with E-state index < -0.39 is 46.1 Å². The maximum absolute atomic E-state index is 14.4. The molecule has 0 radical (unpaired) electrons. The Morgan fingerprint density at radius 2 is 1.81 bits per heavy atom. The van der Waals surface area contributed by atoms with Crippen LogP contribution in [0.1, 0.15) is 45.1 Å². The fourth-order valence-corrected chi connectivity index (χ4v) is 8.81. The van der Waals surface area contributed by atoms with Gasteiger partial charge in [0.15, 0.2) is 17.8 Å². The van der Waals surface area contributed by atoms with Gasteiger partial charge in [-0.2, -0.15) is 4.31 Å². The first-order valence-electron chi connectivity index (χ1n) is 18.4. The van der Waals surface area contributed by atoms with Crippen LogP contribution in [-0.4, -0.2) is 125 Å². The van der Waals surface area contributed by atoms with E-state index >= 15 is 0 Å². The number of morpholine rings is 1. The Balaban J connectivity index is 1.15. The molecule has 5 atom stereocenters. The SMILES string of the molecule is CC(C)(CCCCNC(=O)N1CCOCC1)CN(C[C@@H](O)[C@H](Cc1ccccc1)NC(=O)O[C@H]1CO[C@H]2OCC[C@H]21)S(=O)(=O)c1ccc2c(c1)OCO2. The average Bonchev–Trinajstić information content (AvgIpc) is 3.90. The third-order valence-corrected chi connectivity index (χ3v) is 11.9. The van der Waals surface area contributed by atoms with Gasteiger partial charge in [-0.15, -0.1) is 0 Å². The molecule has 0 bridgehead atoms. The van der Waals surface area contributed by atoms with Gasteiger partial charge in [-0.25, -0.2) is 18.0 Å². The first-order valence-corrected chi connectivity index (χ1v) is 19.9. The number of aliphatic hydroxyl groups is 1. The molecule has 3 fully saturated rings. The number of hydrogen-bond donors (Lipinski definition) is 3. The number of nitrogens with one attached hydrogen (secondary N) is 2. The second-order valence-electron chi connectivity index (χ2n) is 14.7. The maximum Gasteiger partial charge on any atom is 0.407 e. The summed E-state index contributed by atoms with van der Waals surface area (Å²) in [5.41, 5.74) is 0.317. The molecular weight excluding hydrogens is 708 g/mol. The lowest BCUT2D eigenvalue weighted by Gasteiger charge is -2.35. The van der Waals surface area contributed by atoms with Crippen LogP contribution in [0.5, 0.6) is 11.5 Å². The van der Waals surface area contributed by atoms with Crippen LogP contribution in [0.3, 0.4) is 0 Å². The number of nitrogens with zero attached hydrogens (tertiary/aromatic N) is 2. The molecule has 16 heteroatoms. The second kappa shape index (κ2) is 17.6. The van der Waals surface area contributed by atoms with Gasteiger partial charge in [-0.05, 0) is 48.8 Å². The third kappa shape index (κ3) is 10.3. The van der Waals surface area contributed by atoms with Crippen molar-refractivity contribution in [2.75, 3.05) is 65.9 Å². The van der Waals surface area contributed by atoms with Crippen molar-refractivity contribution in [3.8, 4) is 11.5 Å². The predicted molar refractivity (Wildman–Crippen MR) is 192 cm³/mol. The summed E-state index contributed by atoms with van der Waals surface area (Å²) in [4.78, 5) is 27.5. The number of hydrogen-bond acceptors (Lipinski definition) is 11. The number of benzene rings is 2. The van der Waals surface area contributed by atoms with Crippen molar-refractivity contribution in [1.29, 1.82) is 0 Å². The van der Waals surface area contributed by atoms with Crippen molar-refractivity contribution < 1.29 is 51.5 Å². The number of carbonyl (C=O) groups excluding carboxylic acids is 2. The van der Waals surface area contributed by atoms with Crippen molar-refractivity contribution >= 4 is 22.1 Å². The van der Waals surface area contributed by atoms with Gasteiger partial charge in [0.2, 0.25) is 16.8 Å². The number of urea groups is 1. The minimum atomic E-state index is -4.18. The van der Waals surface area contributed by atoms with E-state index in [2.05, 4.69) is 10.6 Å². The lowest BCUT2D eigenvalue weighted by atomic mass is 9.87. The fraction of sp³-hybridized carbons (Fsp3) is 0.622. The Labute approximate surface area is 311 Å². The minimum absolute atomic E-state index is 0.00266. The number of fused-ring (bicyclic) bond motifs is 2. The number of rotatable bonds is 16. The number of unbranched alkanes of at least 4 members (excludes halogenated alkanes) is 1. The minimum Gasteiger partial charge on any atom is -0.454 e. The lowest BCUT2D eigenvalue weighted by molar-refractivity contribution is -0.0907. The zero-order valence-corrected chi connectivity index (χ0v) is 31.3. The van der Waals surface area contributed by atoms with Crippen molar-refractivity contribution in [1.82, 2.24) is 19.8 Å². The predicted octanol–water partition coefficient (Wildman–Crippen LogP) is 3.10. The molecule has 4 heterocycles. The first kappa shape index (κ1) is 39.0. The summed E-state index contributed by atoms with van der Waals surface area (Å²) in [6, 6.07) is 12.8. The zero-order valence-electron chi connectivity index (χ0n) is 30.4. The number of sulfonamides is 1. The highest BCUT2D eigenvalue weighted by molar-refractivity contribution is 7.89. The van der Waals surface area contributed by atoms with E-state index in [1.165, 1.54) is 16.4 Å². The highest BCUT2D eigenvalue weighted by Gasteiger charge is 2.44. The van der Waals surface area contributed by atoms with Gasteiger partial charge >= 0.3 is 12.1 Å². The molecule has 0 aromatic heterocycles. The summed E-state index contributed by atoms with van der Waals surface area (Å²) in [5, 5.41) is 17.7. The standard InChI is InChI=1S/C37H52N4O11S/c1-37(2,13-6-7-14-38-35(43)40-15-18-47-19-16-40)24-41(53(45,46)27-10-11-31-32(21-27)51-25-50-31)22-30(42)29(20-26-8-4-3-5-9-26)39-36(44)52-33-23-49-34-28(33)12-17-48-34/h3-5,8-11,21,28-30,33-34,42H,6-7,12-20,22-25H2,1-2H3,(H,38,43)(H,39,44)/t28-,29-,30+,33-,34+/m0/s1. The van der Waals surface area contributed by atoms with Crippen LogP contribution in [0, 0.1) is 11.3 Å². The summed E-state index contributed by atoms with van der Waals surface area (Å²) in [7, 11) is -4.18. The monoisotopic (exact) mass is 760 g/mol. The van der Waals surface area contributed by atoms with Crippen LogP contribution >= 0.6 is 0 Å². The lowest BCUT2D eigenvalue weighted by Crippen LogP contribution is -2.52. The van der Waals surface area contributed by atoms with Crippen LogP contribution in [0.15, 0.2) is 53.4 Å². The fourth-order valence-electron chi connectivity index (χ4n) is 7.15. The summed E-state index contributed by atoms with van der Waals surface area (Å²) < 4.78 is 63.3. The second-order valence-corrected chi connectivity index (χ2v) is 16.7. The van der Waals surface area contributed by atoms with Crippen LogP contribution in [0.25, 0.3) is 0 Å². The summed E-state index contributed by atoms with van der Waals surface area (Å²) >= 11 is 0. The van der Waals surface area contributed by atoms with Gasteiger partial charge in [-0.3, -0.25) is 0 Å². The third-order valence-electron chi connectivity index (χ3n) is 10.1. The summed E-state index contributed by atoms with van der Waals surface area (Å²) in [6.45, 7) is 7.14. The number of carbonyl (C=O) groups is 2. The van der Waals surface area contributed by atoms with E-state index in [4.69, 9.17) is 28.4 Å². The van der Waals surface area contributed by atoms with E-state index in [0.29, 0.717) is 70.2 Å². The molecule has 0 unspecified atom stereocenters. The Morgan fingerprint density at radius 1 is 1.04 bits per heavy atom. The van der Waals surface area contributed by atoms with Crippen LogP contribution in [0.2, 0.25) is 0 Å². The van der Waals surface area contributed by atoms with E-state index in [0.717, 1.165) is 12.0 Å². The number of alkyl carbamates (subject to hydrolysis) is 1. The van der Waals surface area contributed by atoms with E-state index in [1.54, 1.807) is 11.0 Å². The number of amides is 3.